The second kappa shape index (κ2) is 10.0. The minimum absolute atomic E-state index is 0.133. The first-order valence-corrected chi connectivity index (χ1v) is 11.5. The maximum absolute atomic E-state index is 12.7. The number of carbonyl (C=O) groups excluding carboxylic acids is 2. The standard InChI is InChI=1S/C26H26BrN3O2/c1-19-4-2-3-5-21(19)18-25(31)30-16-14-29(15-17-30)24-12-10-23(11-13-24)28-26(32)20-6-8-22(27)9-7-20/h2-13H,14-18H2,1H3,(H,28,32). The summed E-state index contributed by atoms with van der Waals surface area (Å²) in [6.45, 7) is 5.07. The average Bonchev–Trinajstić information content (AvgIpc) is 2.81. The first-order chi connectivity index (χ1) is 15.5. The summed E-state index contributed by atoms with van der Waals surface area (Å²) in [5.74, 6) is 0.0518. The van der Waals surface area contributed by atoms with E-state index in [1.165, 1.54) is 0 Å². The Morgan fingerprint density at radius 1 is 0.875 bits per heavy atom. The molecule has 1 heterocycles. The number of benzene rings is 3. The molecule has 164 valence electrons. The Bertz CT molecular complexity index is 1090. The Kier molecular flexibility index (Phi) is 6.90. The maximum Gasteiger partial charge on any atom is 0.255 e. The third-order valence-electron chi connectivity index (χ3n) is 5.83. The zero-order valence-corrected chi connectivity index (χ0v) is 19.6. The van der Waals surface area contributed by atoms with Crippen molar-refractivity contribution in [2.75, 3.05) is 36.4 Å². The lowest BCUT2D eigenvalue weighted by molar-refractivity contribution is -0.130. The lowest BCUT2D eigenvalue weighted by Gasteiger charge is -2.36. The fraction of sp³-hybridized carbons (Fsp3) is 0.231. The molecule has 0 bridgehead atoms. The molecule has 3 aromatic carbocycles. The Balaban J connectivity index is 1.30. The molecule has 1 aliphatic heterocycles. The number of anilines is 2. The van der Waals surface area contributed by atoms with Crippen LogP contribution in [-0.4, -0.2) is 42.9 Å². The number of piperazine rings is 1. The molecule has 4 rings (SSSR count). The number of nitrogens with one attached hydrogen (secondary N) is 1. The van der Waals surface area contributed by atoms with Crippen molar-refractivity contribution in [1.29, 1.82) is 0 Å². The topological polar surface area (TPSA) is 52.7 Å². The molecule has 0 saturated carbocycles. The van der Waals surface area contributed by atoms with E-state index in [-0.39, 0.29) is 11.8 Å². The Hall–Kier alpha value is -3.12. The van der Waals surface area contributed by atoms with E-state index in [1.807, 2.05) is 72.5 Å². The van der Waals surface area contributed by atoms with Gasteiger partial charge in [0.1, 0.15) is 0 Å². The molecule has 2 amide bonds. The van der Waals surface area contributed by atoms with Crippen LogP contribution in [0, 0.1) is 6.92 Å². The summed E-state index contributed by atoms with van der Waals surface area (Å²) in [4.78, 5) is 29.3. The molecule has 0 aromatic heterocycles. The maximum atomic E-state index is 12.7. The van der Waals surface area contributed by atoms with Crippen molar-refractivity contribution in [2.45, 2.75) is 13.3 Å². The zero-order chi connectivity index (χ0) is 22.5. The van der Waals surface area contributed by atoms with Crippen molar-refractivity contribution >= 4 is 39.1 Å². The molecule has 5 nitrogen and oxygen atoms in total. The van der Waals surface area contributed by atoms with E-state index in [0.29, 0.717) is 25.1 Å². The van der Waals surface area contributed by atoms with Crippen LogP contribution in [-0.2, 0) is 11.2 Å². The Morgan fingerprint density at radius 3 is 2.19 bits per heavy atom. The number of rotatable bonds is 5. The van der Waals surface area contributed by atoms with Crippen LogP contribution < -0.4 is 10.2 Å². The van der Waals surface area contributed by atoms with Crippen molar-refractivity contribution in [3.05, 3.63) is 94.0 Å². The summed E-state index contributed by atoms with van der Waals surface area (Å²) < 4.78 is 0.940. The summed E-state index contributed by atoms with van der Waals surface area (Å²) in [7, 11) is 0. The Labute approximate surface area is 197 Å². The number of aryl methyl sites for hydroxylation is 1. The molecule has 1 N–H and O–H groups in total. The van der Waals surface area contributed by atoms with E-state index in [2.05, 4.69) is 26.1 Å². The quantitative estimate of drug-likeness (QED) is 0.551. The summed E-state index contributed by atoms with van der Waals surface area (Å²) in [6, 6.07) is 23.2. The molecule has 32 heavy (non-hydrogen) atoms. The molecule has 1 fully saturated rings. The monoisotopic (exact) mass is 491 g/mol. The van der Waals surface area contributed by atoms with Gasteiger partial charge in [-0.1, -0.05) is 40.2 Å². The number of hydrogen-bond donors (Lipinski definition) is 1. The molecule has 0 spiro atoms. The highest BCUT2D eigenvalue weighted by Crippen LogP contribution is 2.21. The number of carbonyl (C=O) groups is 2. The molecule has 0 atom stereocenters. The van der Waals surface area contributed by atoms with Crippen LogP contribution in [0.2, 0.25) is 0 Å². The van der Waals surface area contributed by atoms with Crippen molar-refractivity contribution in [1.82, 2.24) is 4.90 Å². The van der Waals surface area contributed by atoms with Crippen LogP contribution in [0.1, 0.15) is 21.5 Å². The van der Waals surface area contributed by atoms with Gasteiger partial charge < -0.3 is 15.1 Å². The predicted molar refractivity (Wildman–Crippen MR) is 132 cm³/mol. The molecular formula is C26H26BrN3O2. The van der Waals surface area contributed by atoms with Gasteiger partial charge in [-0.25, -0.2) is 0 Å². The normalized spacial score (nSPS) is 13.7. The van der Waals surface area contributed by atoms with E-state index in [9.17, 15) is 9.59 Å². The first-order valence-electron chi connectivity index (χ1n) is 10.7. The van der Waals surface area contributed by atoms with Crippen molar-refractivity contribution in [2.24, 2.45) is 0 Å². The largest absolute Gasteiger partial charge is 0.368 e. The van der Waals surface area contributed by atoms with Crippen LogP contribution in [0.3, 0.4) is 0 Å². The molecule has 1 aliphatic rings. The highest BCUT2D eigenvalue weighted by atomic mass is 79.9. The van der Waals surface area contributed by atoms with Crippen molar-refractivity contribution < 1.29 is 9.59 Å². The molecule has 0 unspecified atom stereocenters. The first kappa shape index (κ1) is 22.1. The van der Waals surface area contributed by atoms with Crippen molar-refractivity contribution in [3.63, 3.8) is 0 Å². The highest BCUT2D eigenvalue weighted by Gasteiger charge is 2.21. The lowest BCUT2D eigenvalue weighted by atomic mass is 10.1. The molecule has 6 heteroatoms. The SMILES string of the molecule is Cc1ccccc1CC(=O)N1CCN(c2ccc(NC(=O)c3ccc(Br)cc3)cc2)CC1. The Morgan fingerprint density at radius 2 is 1.53 bits per heavy atom. The van der Waals surface area contributed by atoms with Gasteiger partial charge in [-0.05, 0) is 66.6 Å². The molecule has 1 saturated heterocycles. The van der Waals surface area contributed by atoms with Crippen LogP contribution in [0.5, 0.6) is 0 Å². The number of hydrogen-bond acceptors (Lipinski definition) is 3. The fourth-order valence-corrected chi connectivity index (χ4v) is 4.12. The highest BCUT2D eigenvalue weighted by molar-refractivity contribution is 9.10. The number of nitrogens with zero attached hydrogens (tertiary/aromatic N) is 2. The predicted octanol–water partition coefficient (Wildman–Crippen LogP) is 4.90. The van der Waals surface area contributed by atoms with Crippen LogP contribution in [0.4, 0.5) is 11.4 Å². The molecule has 0 aliphatic carbocycles. The van der Waals surface area contributed by atoms with Gasteiger partial charge in [-0.3, -0.25) is 9.59 Å². The van der Waals surface area contributed by atoms with Crippen LogP contribution >= 0.6 is 15.9 Å². The van der Waals surface area contributed by atoms with Gasteiger partial charge >= 0.3 is 0 Å². The van der Waals surface area contributed by atoms with Gasteiger partial charge in [-0.2, -0.15) is 0 Å². The van der Waals surface area contributed by atoms with Gasteiger partial charge in [0, 0.05) is 47.6 Å². The fourth-order valence-electron chi connectivity index (χ4n) is 3.86. The minimum atomic E-state index is -0.133. The van der Waals surface area contributed by atoms with E-state index >= 15 is 0 Å². The van der Waals surface area contributed by atoms with Crippen LogP contribution in [0.15, 0.2) is 77.3 Å². The van der Waals surface area contributed by atoms with Gasteiger partial charge in [0.15, 0.2) is 0 Å². The van der Waals surface area contributed by atoms with Gasteiger partial charge in [0.05, 0.1) is 6.42 Å². The van der Waals surface area contributed by atoms with E-state index < -0.39 is 0 Å². The van der Waals surface area contributed by atoms with E-state index in [0.717, 1.165) is 40.1 Å². The number of halogens is 1. The van der Waals surface area contributed by atoms with Gasteiger partial charge in [-0.15, -0.1) is 0 Å². The third-order valence-corrected chi connectivity index (χ3v) is 6.36. The van der Waals surface area contributed by atoms with Crippen LogP contribution in [0.25, 0.3) is 0 Å². The second-order valence-electron chi connectivity index (χ2n) is 7.98. The molecule has 3 aromatic rings. The summed E-state index contributed by atoms with van der Waals surface area (Å²) >= 11 is 3.38. The number of amides is 2. The van der Waals surface area contributed by atoms with Crippen molar-refractivity contribution in [3.8, 4) is 0 Å². The third kappa shape index (κ3) is 5.37. The van der Waals surface area contributed by atoms with E-state index in [1.54, 1.807) is 12.1 Å². The zero-order valence-electron chi connectivity index (χ0n) is 18.1. The lowest BCUT2D eigenvalue weighted by Crippen LogP contribution is -2.49. The second-order valence-corrected chi connectivity index (χ2v) is 8.89. The van der Waals surface area contributed by atoms with Gasteiger partial charge in [0.2, 0.25) is 5.91 Å². The smallest absolute Gasteiger partial charge is 0.255 e. The minimum Gasteiger partial charge on any atom is -0.368 e. The van der Waals surface area contributed by atoms with E-state index in [4.69, 9.17) is 0 Å². The summed E-state index contributed by atoms with van der Waals surface area (Å²) in [5.41, 5.74) is 4.72. The average molecular weight is 492 g/mol. The summed E-state index contributed by atoms with van der Waals surface area (Å²) in [6.07, 6.45) is 0.458. The summed E-state index contributed by atoms with van der Waals surface area (Å²) in [5, 5.41) is 2.93. The molecule has 0 radical (unpaired) electrons. The molecular weight excluding hydrogens is 466 g/mol. The van der Waals surface area contributed by atoms with Gasteiger partial charge in [0.25, 0.3) is 5.91 Å².